The molecule has 2 nitrogen and oxygen atoms in total. The Morgan fingerprint density at radius 2 is 2.18 bits per heavy atom. The summed E-state index contributed by atoms with van der Waals surface area (Å²) in [6, 6.07) is 7.26. The van der Waals surface area contributed by atoms with E-state index in [1.165, 1.54) is 11.3 Å². The highest BCUT2D eigenvalue weighted by molar-refractivity contribution is 7.84. The molecule has 2 N–H and O–H groups in total. The molecule has 2 aromatic rings. The predicted octanol–water partition coefficient (Wildman–Crippen LogP) is 3.60. The quantitative estimate of drug-likeness (QED) is 0.876. The largest absolute Gasteiger partial charge is 0.399 e. The van der Waals surface area contributed by atoms with E-state index < -0.39 is 10.8 Å². The molecule has 1 atom stereocenters. The van der Waals surface area contributed by atoms with Gasteiger partial charge in [-0.1, -0.05) is 11.6 Å². The van der Waals surface area contributed by atoms with Crippen molar-refractivity contribution in [1.82, 2.24) is 0 Å². The van der Waals surface area contributed by atoms with E-state index in [2.05, 4.69) is 0 Å². The lowest BCUT2D eigenvalue weighted by Crippen LogP contribution is -1.99. The molecular formula is C12H12ClNOS2. The van der Waals surface area contributed by atoms with Crippen molar-refractivity contribution in [1.29, 1.82) is 0 Å². The van der Waals surface area contributed by atoms with E-state index in [4.69, 9.17) is 17.3 Å². The molecule has 90 valence electrons. The van der Waals surface area contributed by atoms with Crippen LogP contribution in [0.2, 0.25) is 5.02 Å². The first-order chi connectivity index (χ1) is 8.08. The van der Waals surface area contributed by atoms with Crippen molar-refractivity contribution < 1.29 is 4.21 Å². The molecule has 1 heterocycles. The fraction of sp³-hybridized carbons (Fsp3) is 0.167. The Morgan fingerprint density at radius 1 is 1.41 bits per heavy atom. The van der Waals surface area contributed by atoms with E-state index in [0.29, 0.717) is 16.5 Å². The molecular weight excluding hydrogens is 274 g/mol. The lowest BCUT2D eigenvalue weighted by atomic mass is 10.2. The topological polar surface area (TPSA) is 43.1 Å². The molecule has 1 aromatic heterocycles. The van der Waals surface area contributed by atoms with Gasteiger partial charge in [-0.3, -0.25) is 4.21 Å². The zero-order chi connectivity index (χ0) is 12.4. The number of hydrogen-bond acceptors (Lipinski definition) is 3. The maximum atomic E-state index is 12.2. The summed E-state index contributed by atoms with van der Waals surface area (Å²) in [6.45, 7) is 1.92. The molecule has 0 saturated carbocycles. The number of hydrogen-bond donors (Lipinski definition) is 1. The minimum Gasteiger partial charge on any atom is -0.399 e. The number of halogens is 1. The second kappa shape index (κ2) is 5.21. The summed E-state index contributed by atoms with van der Waals surface area (Å²) in [5.74, 6) is 0.460. The molecule has 0 aliphatic rings. The minimum absolute atomic E-state index is 0.460. The summed E-state index contributed by atoms with van der Waals surface area (Å²) in [7, 11) is -1.07. The zero-order valence-electron chi connectivity index (χ0n) is 9.27. The van der Waals surface area contributed by atoms with Gasteiger partial charge < -0.3 is 5.73 Å². The van der Waals surface area contributed by atoms with E-state index in [0.717, 1.165) is 15.3 Å². The van der Waals surface area contributed by atoms with Crippen LogP contribution in [-0.4, -0.2) is 4.21 Å². The number of anilines is 1. The van der Waals surface area contributed by atoms with E-state index in [-0.39, 0.29) is 0 Å². The lowest BCUT2D eigenvalue weighted by molar-refractivity contribution is 0.682. The minimum atomic E-state index is -1.07. The number of thiophene rings is 1. The third kappa shape index (κ3) is 2.89. The SMILES string of the molecule is Cc1cc(N)ccc1S(=O)Cc1sccc1Cl. The Labute approximate surface area is 112 Å². The summed E-state index contributed by atoms with van der Waals surface area (Å²) in [5, 5.41) is 2.60. The second-order valence-corrected chi connectivity index (χ2v) is 6.53. The van der Waals surface area contributed by atoms with Crippen molar-refractivity contribution in [2.24, 2.45) is 0 Å². The summed E-state index contributed by atoms with van der Waals surface area (Å²) in [6.07, 6.45) is 0. The Hall–Kier alpha value is -0.840. The van der Waals surface area contributed by atoms with Crippen molar-refractivity contribution >= 4 is 39.4 Å². The first-order valence-electron chi connectivity index (χ1n) is 5.04. The fourth-order valence-electron chi connectivity index (χ4n) is 1.55. The fourth-order valence-corrected chi connectivity index (χ4v) is 4.30. The summed E-state index contributed by atoms with van der Waals surface area (Å²) < 4.78 is 12.2. The number of nitrogen functional groups attached to an aromatic ring is 1. The number of benzene rings is 1. The van der Waals surface area contributed by atoms with Crippen LogP contribution in [0.3, 0.4) is 0 Å². The second-order valence-electron chi connectivity index (χ2n) is 3.71. The maximum absolute atomic E-state index is 12.2. The van der Waals surface area contributed by atoms with Crippen molar-refractivity contribution in [3.8, 4) is 0 Å². The Bertz CT molecular complexity index is 565. The third-order valence-electron chi connectivity index (χ3n) is 2.40. The molecule has 1 unspecified atom stereocenters. The molecule has 0 spiro atoms. The summed E-state index contributed by atoms with van der Waals surface area (Å²) in [5.41, 5.74) is 7.32. The van der Waals surface area contributed by atoms with Gasteiger partial charge in [0.05, 0.1) is 21.6 Å². The first kappa shape index (κ1) is 12.6. The molecule has 17 heavy (non-hydrogen) atoms. The molecule has 0 amide bonds. The number of aryl methyl sites for hydroxylation is 1. The molecule has 0 saturated heterocycles. The highest BCUT2D eigenvalue weighted by Crippen LogP contribution is 2.26. The normalized spacial score (nSPS) is 12.6. The third-order valence-corrected chi connectivity index (χ3v) is 5.47. The Kier molecular flexibility index (Phi) is 3.86. The first-order valence-corrected chi connectivity index (χ1v) is 7.62. The van der Waals surface area contributed by atoms with Gasteiger partial charge in [0.25, 0.3) is 0 Å². The van der Waals surface area contributed by atoms with Gasteiger partial charge in [-0.05, 0) is 42.1 Å². The van der Waals surface area contributed by atoms with Gasteiger partial charge in [0.1, 0.15) is 0 Å². The van der Waals surface area contributed by atoms with Crippen LogP contribution in [0.1, 0.15) is 10.4 Å². The van der Waals surface area contributed by atoms with Crippen LogP contribution >= 0.6 is 22.9 Å². The van der Waals surface area contributed by atoms with Gasteiger partial charge in [0.15, 0.2) is 0 Å². The lowest BCUT2D eigenvalue weighted by Gasteiger charge is -2.06. The van der Waals surface area contributed by atoms with Gasteiger partial charge in [0, 0.05) is 15.5 Å². The highest BCUT2D eigenvalue weighted by Gasteiger charge is 2.11. The number of nitrogens with two attached hydrogens (primary N) is 1. The molecule has 2 rings (SSSR count). The van der Waals surface area contributed by atoms with Crippen LogP contribution in [-0.2, 0) is 16.6 Å². The molecule has 1 aromatic carbocycles. The van der Waals surface area contributed by atoms with Gasteiger partial charge in [-0.15, -0.1) is 11.3 Å². The predicted molar refractivity (Wildman–Crippen MR) is 75.0 cm³/mol. The Balaban J connectivity index is 2.23. The van der Waals surface area contributed by atoms with Crippen molar-refractivity contribution in [3.63, 3.8) is 0 Å². The number of rotatable bonds is 3. The van der Waals surface area contributed by atoms with Crippen molar-refractivity contribution in [2.75, 3.05) is 5.73 Å². The van der Waals surface area contributed by atoms with Gasteiger partial charge in [0.2, 0.25) is 0 Å². The van der Waals surface area contributed by atoms with E-state index >= 15 is 0 Å². The van der Waals surface area contributed by atoms with Crippen LogP contribution in [0.25, 0.3) is 0 Å². The average molecular weight is 286 g/mol. The van der Waals surface area contributed by atoms with Crippen molar-refractivity contribution in [3.05, 3.63) is 45.1 Å². The van der Waals surface area contributed by atoms with Gasteiger partial charge in [-0.2, -0.15) is 0 Å². The zero-order valence-corrected chi connectivity index (χ0v) is 11.7. The Morgan fingerprint density at radius 3 is 2.76 bits per heavy atom. The van der Waals surface area contributed by atoms with Crippen molar-refractivity contribution in [2.45, 2.75) is 17.6 Å². The van der Waals surface area contributed by atoms with Crippen LogP contribution in [0.5, 0.6) is 0 Å². The van der Waals surface area contributed by atoms with Crippen LogP contribution < -0.4 is 5.73 Å². The average Bonchev–Trinajstić information content (AvgIpc) is 2.64. The standard InChI is InChI=1S/C12H12ClNOS2/c1-8-6-9(14)2-3-12(8)17(15)7-11-10(13)4-5-16-11/h2-6H,7,14H2,1H3. The molecule has 0 aliphatic carbocycles. The maximum Gasteiger partial charge on any atom is 0.0641 e. The van der Waals surface area contributed by atoms with Crippen LogP contribution in [0.4, 0.5) is 5.69 Å². The van der Waals surface area contributed by atoms with Crippen LogP contribution in [0, 0.1) is 6.92 Å². The molecule has 5 heteroatoms. The van der Waals surface area contributed by atoms with Gasteiger partial charge >= 0.3 is 0 Å². The summed E-state index contributed by atoms with van der Waals surface area (Å²) >= 11 is 7.52. The summed E-state index contributed by atoms with van der Waals surface area (Å²) in [4.78, 5) is 1.78. The van der Waals surface area contributed by atoms with Crippen LogP contribution in [0.15, 0.2) is 34.5 Å². The smallest absolute Gasteiger partial charge is 0.0641 e. The molecule has 0 aliphatic heterocycles. The van der Waals surface area contributed by atoms with Gasteiger partial charge in [-0.25, -0.2) is 0 Å². The molecule has 0 bridgehead atoms. The molecule has 0 fully saturated rings. The monoisotopic (exact) mass is 285 g/mol. The van der Waals surface area contributed by atoms with E-state index in [1.54, 1.807) is 6.07 Å². The highest BCUT2D eigenvalue weighted by atomic mass is 35.5. The van der Waals surface area contributed by atoms with E-state index in [1.807, 2.05) is 30.5 Å². The molecule has 0 radical (unpaired) electrons. The van der Waals surface area contributed by atoms with E-state index in [9.17, 15) is 4.21 Å².